The molecule has 0 radical (unpaired) electrons. The largest absolute Gasteiger partial charge is 0.472 e. The molecule has 6 unspecified atom stereocenters. The van der Waals surface area contributed by atoms with Crippen molar-refractivity contribution in [2.24, 2.45) is 0 Å². The number of aliphatic hydroxyl groups is 5. The first kappa shape index (κ1) is 33.9. The molecule has 0 amide bonds. The van der Waals surface area contributed by atoms with Crippen LogP contribution >= 0.6 is 7.82 Å². The highest BCUT2D eigenvalue weighted by Crippen LogP contribution is 2.47. The molecule has 0 aromatic rings. The topological polar surface area (TPSA) is 210 Å². The van der Waals surface area contributed by atoms with E-state index in [4.69, 9.17) is 18.5 Å². The highest BCUT2D eigenvalue weighted by molar-refractivity contribution is 7.47. The highest BCUT2D eigenvalue weighted by atomic mass is 31.2. The van der Waals surface area contributed by atoms with Crippen molar-refractivity contribution in [3.8, 4) is 0 Å². The van der Waals surface area contributed by atoms with Crippen LogP contribution < -0.4 is 0 Å². The summed E-state index contributed by atoms with van der Waals surface area (Å²) in [6.07, 6.45) is -3.23. The Morgan fingerprint density at radius 2 is 1.27 bits per heavy atom. The number of unbranched alkanes of at least 4 members (excludes halogenated alkanes) is 8. The lowest BCUT2D eigenvalue weighted by atomic mass is 9.85. The summed E-state index contributed by atoms with van der Waals surface area (Å²) in [4.78, 5) is 33.3. The van der Waals surface area contributed by atoms with Crippen LogP contribution in [0, 0.1) is 0 Å². The molecule has 0 aliphatic heterocycles. The summed E-state index contributed by atoms with van der Waals surface area (Å²) in [5, 5.41) is 48.9. The van der Waals surface area contributed by atoms with Crippen LogP contribution in [0.25, 0.3) is 0 Å². The van der Waals surface area contributed by atoms with Crippen molar-refractivity contribution in [2.45, 2.75) is 121 Å². The second kappa shape index (κ2) is 17.4. The Balaban J connectivity index is 2.44. The van der Waals surface area contributed by atoms with Crippen LogP contribution in [0.1, 0.15) is 78.1 Å². The first-order valence-electron chi connectivity index (χ1n) is 12.8. The fourth-order valence-electron chi connectivity index (χ4n) is 3.87. The molecule has 8 atom stereocenters. The number of aliphatic hydroxyl groups excluding tert-OH is 5. The Bertz CT molecular complexity index is 705. The predicted molar refractivity (Wildman–Crippen MR) is 129 cm³/mol. The maximum Gasteiger partial charge on any atom is 0.472 e. The third-order valence-electron chi connectivity index (χ3n) is 6.00. The molecule has 1 fully saturated rings. The molecular formula is C23H43O13P. The van der Waals surface area contributed by atoms with Gasteiger partial charge in [-0.2, -0.15) is 0 Å². The van der Waals surface area contributed by atoms with E-state index in [0.717, 1.165) is 26.2 Å². The van der Waals surface area contributed by atoms with Gasteiger partial charge in [0, 0.05) is 13.3 Å². The van der Waals surface area contributed by atoms with Crippen LogP contribution in [0.5, 0.6) is 0 Å². The molecule has 13 nitrogen and oxygen atoms in total. The normalized spacial score (nSPS) is 28.3. The summed E-state index contributed by atoms with van der Waals surface area (Å²) in [6.45, 7) is 2.05. The van der Waals surface area contributed by atoms with Gasteiger partial charge in [-0.1, -0.05) is 58.3 Å². The molecule has 0 heterocycles. The van der Waals surface area contributed by atoms with Crippen LogP contribution in [-0.4, -0.2) is 98.3 Å². The zero-order chi connectivity index (χ0) is 28.0. The molecule has 14 heteroatoms. The second-order valence-corrected chi connectivity index (χ2v) is 10.7. The molecule has 1 rings (SSSR count). The standard InChI is InChI=1S/C23H43O13P/c1-3-4-5-6-7-8-9-10-11-12-17(25)33-13-16(35-15(2)24)14-34-37(31,32)36-23-21(29)19(27)18(26)20(28)22(23)30/h16,18-23,26-30H,3-14H2,1-2H3,(H,31,32)/t16-,18?,19-,20?,21?,22?,23?/m1/s1. The van der Waals surface area contributed by atoms with E-state index in [1.54, 1.807) is 0 Å². The molecule has 218 valence electrons. The van der Waals surface area contributed by atoms with Crippen LogP contribution in [0.4, 0.5) is 0 Å². The Kier molecular flexibility index (Phi) is 16.0. The van der Waals surface area contributed by atoms with E-state index in [2.05, 4.69) is 6.92 Å². The minimum atomic E-state index is -5.05. The molecule has 0 spiro atoms. The Morgan fingerprint density at radius 1 is 0.784 bits per heavy atom. The molecule has 1 aliphatic rings. The van der Waals surface area contributed by atoms with E-state index >= 15 is 0 Å². The fourth-order valence-corrected chi connectivity index (χ4v) is 4.84. The monoisotopic (exact) mass is 558 g/mol. The summed E-state index contributed by atoms with van der Waals surface area (Å²) >= 11 is 0. The molecule has 1 saturated carbocycles. The van der Waals surface area contributed by atoms with E-state index in [0.29, 0.717) is 6.42 Å². The molecule has 0 saturated heterocycles. The number of hydrogen-bond acceptors (Lipinski definition) is 12. The molecule has 37 heavy (non-hydrogen) atoms. The molecule has 1 aliphatic carbocycles. The number of phosphoric ester groups is 1. The van der Waals surface area contributed by atoms with Gasteiger partial charge in [0.05, 0.1) is 6.61 Å². The lowest BCUT2D eigenvalue weighted by Gasteiger charge is -2.41. The smallest absolute Gasteiger partial charge is 0.462 e. The SMILES string of the molecule is CCCCCCCCCCCC(=O)OC[C@H](COP(=O)(O)OC1C(O)C(O)C(O)[C@@H](O)C1O)OC(C)=O. The van der Waals surface area contributed by atoms with Crippen LogP contribution in [-0.2, 0) is 32.7 Å². The minimum absolute atomic E-state index is 0.166. The molecule has 0 aromatic heterocycles. The summed E-state index contributed by atoms with van der Waals surface area (Å²) in [6, 6.07) is 0. The van der Waals surface area contributed by atoms with Crippen LogP contribution in [0.2, 0.25) is 0 Å². The van der Waals surface area contributed by atoms with Gasteiger partial charge in [0.15, 0.2) is 6.10 Å². The van der Waals surface area contributed by atoms with Crippen molar-refractivity contribution in [2.75, 3.05) is 13.2 Å². The molecule has 0 bridgehead atoms. The third-order valence-corrected chi connectivity index (χ3v) is 6.98. The van der Waals surface area contributed by atoms with Crippen LogP contribution in [0.15, 0.2) is 0 Å². The number of carbonyl (C=O) groups excluding carboxylic acids is 2. The Labute approximate surface area is 217 Å². The zero-order valence-corrected chi connectivity index (χ0v) is 22.4. The Morgan fingerprint density at radius 3 is 1.78 bits per heavy atom. The summed E-state index contributed by atoms with van der Waals surface area (Å²) < 4.78 is 31.8. The van der Waals surface area contributed by atoms with Gasteiger partial charge in [0.2, 0.25) is 0 Å². The van der Waals surface area contributed by atoms with Crippen molar-refractivity contribution < 1.29 is 63.1 Å². The minimum Gasteiger partial charge on any atom is -0.462 e. The molecular weight excluding hydrogens is 515 g/mol. The summed E-state index contributed by atoms with van der Waals surface area (Å²) in [5.41, 5.74) is 0. The van der Waals surface area contributed by atoms with Gasteiger partial charge < -0.3 is 39.9 Å². The maximum atomic E-state index is 12.3. The molecule has 0 aromatic carbocycles. The zero-order valence-electron chi connectivity index (χ0n) is 21.5. The van der Waals surface area contributed by atoms with E-state index in [1.807, 2.05) is 0 Å². The van der Waals surface area contributed by atoms with E-state index in [-0.39, 0.29) is 6.42 Å². The van der Waals surface area contributed by atoms with Crippen LogP contribution in [0.3, 0.4) is 0 Å². The number of hydrogen-bond donors (Lipinski definition) is 6. The van der Waals surface area contributed by atoms with E-state index in [1.165, 1.54) is 32.1 Å². The van der Waals surface area contributed by atoms with E-state index in [9.17, 15) is 44.6 Å². The van der Waals surface area contributed by atoms with Gasteiger partial charge in [-0.25, -0.2) is 4.57 Å². The van der Waals surface area contributed by atoms with Crippen molar-refractivity contribution in [3.05, 3.63) is 0 Å². The van der Waals surface area contributed by atoms with Gasteiger partial charge in [-0.05, 0) is 6.42 Å². The Hall–Kier alpha value is -1.15. The van der Waals surface area contributed by atoms with Gasteiger partial charge in [-0.3, -0.25) is 18.6 Å². The highest BCUT2D eigenvalue weighted by Gasteiger charge is 2.51. The van der Waals surface area contributed by atoms with Gasteiger partial charge in [-0.15, -0.1) is 0 Å². The van der Waals surface area contributed by atoms with Crippen molar-refractivity contribution in [3.63, 3.8) is 0 Å². The van der Waals surface area contributed by atoms with Gasteiger partial charge in [0.25, 0.3) is 0 Å². The quantitative estimate of drug-likeness (QED) is 0.0778. The molecule has 6 N–H and O–H groups in total. The van der Waals surface area contributed by atoms with Crippen molar-refractivity contribution in [1.82, 2.24) is 0 Å². The number of ether oxygens (including phenoxy) is 2. The average molecular weight is 559 g/mol. The number of carbonyl (C=O) groups is 2. The predicted octanol–water partition coefficient (Wildman–Crippen LogP) is 0.702. The van der Waals surface area contributed by atoms with Crippen molar-refractivity contribution >= 4 is 19.8 Å². The summed E-state index contributed by atoms with van der Waals surface area (Å²) in [7, 11) is -5.05. The van der Waals surface area contributed by atoms with Crippen molar-refractivity contribution in [1.29, 1.82) is 0 Å². The first-order chi connectivity index (χ1) is 17.4. The second-order valence-electron chi connectivity index (χ2n) is 9.28. The van der Waals surface area contributed by atoms with E-state index < -0.39 is 75.7 Å². The fraction of sp³-hybridized carbons (Fsp3) is 0.913. The number of phosphoric acid groups is 1. The lowest BCUT2D eigenvalue weighted by Crippen LogP contribution is -2.64. The lowest BCUT2D eigenvalue weighted by molar-refractivity contribution is -0.220. The number of rotatable bonds is 18. The van der Waals surface area contributed by atoms with Gasteiger partial charge >= 0.3 is 19.8 Å². The summed E-state index contributed by atoms with van der Waals surface area (Å²) in [5.74, 6) is -1.30. The third kappa shape index (κ3) is 13.0. The maximum absolute atomic E-state index is 12.3. The average Bonchev–Trinajstić information content (AvgIpc) is 2.84. The van der Waals surface area contributed by atoms with Gasteiger partial charge in [0.1, 0.15) is 43.2 Å². The number of esters is 2. The first-order valence-corrected chi connectivity index (χ1v) is 14.3.